The number of fused-ring (bicyclic) bond motifs is 1. The Balaban J connectivity index is 1.32. The molecule has 4 rings (SSSR count). The molecule has 6 nitrogen and oxygen atoms in total. The number of nitrogens with one attached hydrogen (secondary N) is 1. The van der Waals surface area contributed by atoms with Gasteiger partial charge < -0.3 is 4.74 Å². The summed E-state index contributed by atoms with van der Waals surface area (Å²) in [5.41, 5.74) is 1.07. The third-order valence-electron chi connectivity index (χ3n) is 5.14. The Morgan fingerprint density at radius 1 is 1.30 bits per heavy atom. The number of sulfonamides is 1. The summed E-state index contributed by atoms with van der Waals surface area (Å²) >= 11 is 0. The summed E-state index contributed by atoms with van der Waals surface area (Å²) in [6, 6.07) is 5.97. The summed E-state index contributed by atoms with van der Waals surface area (Å²) in [5.74, 6) is 0.697. The second kappa shape index (κ2) is 6.12. The highest BCUT2D eigenvalue weighted by atomic mass is 32.2. The third-order valence-corrected chi connectivity index (χ3v) is 7.05. The van der Waals surface area contributed by atoms with Gasteiger partial charge in [0.05, 0.1) is 23.7 Å². The molecule has 126 valence electrons. The summed E-state index contributed by atoms with van der Waals surface area (Å²) in [6.45, 7) is 3.87. The number of aromatic nitrogens is 1. The van der Waals surface area contributed by atoms with Gasteiger partial charge in [-0.15, -0.1) is 0 Å². The van der Waals surface area contributed by atoms with E-state index in [1.54, 1.807) is 0 Å². The highest BCUT2D eigenvalue weighted by Gasteiger charge is 2.44. The lowest BCUT2D eigenvalue weighted by molar-refractivity contribution is 0.0940. The molecule has 1 N–H and O–H groups in total. The van der Waals surface area contributed by atoms with Gasteiger partial charge in [-0.2, -0.15) is 0 Å². The Labute approximate surface area is 137 Å². The van der Waals surface area contributed by atoms with E-state index in [9.17, 15) is 8.42 Å². The largest absolute Gasteiger partial charge is 0.376 e. The fraction of sp³-hybridized carbons (Fsp3) is 0.688. The molecule has 0 spiro atoms. The normalized spacial score (nSPS) is 31.4. The zero-order chi connectivity index (χ0) is 15.9. The van der Waals surface area contributed by atoms with Gasteiger partial charge in [0.15, 0.2) is 0 Å². The number of pyridine rings is 1. The Hall–Kier alpha value is -1.02. The molecule has 3 heterocycles. The van der Waals surface area contributed by atoms with Crippen LogP contribution in [0.25, 0.3) is 0 Å². The molecule has 0 unspecified atom stereocenters. The lowest BCUT2D eigenvalue weighted by Gasteiger charge is -2.19. The molecule has 0 bridgehead atoms. The van der Waals surface area contributed by atoms with Crippen LogP contribution in [-0.4, -0.2) is 55.9 Å². The number of likely N-dealkylation sites (tertiary alicyclic amines) is 1. The average Bonchev–Trinajstić information content (AvgIpc) is 3.24. The molecule has 3 atom stereocenters. The zero-order valence-electron chi connectivity index (χ0n) is 13.1. The van der Waals surface area contributed by atoms with Gasteiger partial charge in [0.25, 0.3) is 0 Å². The SMILES string of the molecule is O=S(=O)(NC[C@@H]1CO[C@H]2CN(Cc3ccccn3)C[C@@H]12)C1CC1. The standard InChI is InChI=1S/C16H23N3O3S/c20-23(21,14-4-5-14)18-7-12-11-22-16-10-19(9-15(12)16)8-13-3-1-2-6-17-13/h1-3,6,12,14-16,18H,4-5,7-11H2/t12-,15+,16+/m1/s1. The minimum atomic E-state index is -3.09. The molecule has 1 saturated carbocycles. The molecule has 3 aliphatic rings. The highest BCUT2D eigenvalue weighted by Crippen LogP contribution is 2.34. The smallest absolute Gasteiger partial charge is 0.214 e. The summed E-state index contributed by atoms with van der Waals surface area (Å²) in [4.78, 5) is 6.74. The van der Waals surface area contributed by atoms with Crippen LogP contribution in [0.4, 0.5) is 0 Å². The number of hydrogen-bond acceptors (Lipinski definition) is 5. The first-order valence-corrected chi connectivity index (χ1v) is 9.89. The first-order valence-electron chi connectivity index (χ1n) is 8.34. The first-order chi connectivity index (χ1) is 11.1. The highest BCUT2D eigenvalue weighted by molar-refractivity contribution is 7.90. The first kappa shape index (κ1) is 15.5. The third kappa shape index (κ3) is 3.42. The van der Waals surface area contributed by atoms with Crippen LogP contribution in [0.3, 0.4) is 0 Å². The van der Waals surface area contributed by atoms with Crippen molar-refractivity contribution in [1.29, 1.82) is 0 Å². The van der Waals surface area contributed by atoms with Gasteiger partial charge in [-0.05, 0) is 25.0 Å². The Morgan fingerprint density at radius 2 is 2.17 bits per heavy atom. The Kier molecular flexibility index (Phi) is 4.13. The maximum atomic E-state index is 12.0. The van der Waals surface area contributed by atoms with Crippen LogP contribution in [0.15, 0.2) is 24.4 Å². The summed E-state index contributed by atoms with van der Waals surface area (Å²) < 4.78 is 32.7. The lowest BCUT2D eigenvalue weighted by atomic mass is 9.93. The zero-order valence-corrected chi connectivity index (χ0v) is 13.9. The van der Waals surface area contributed by atoms with Gasteiger partial charge >= 0.3 is 0 Å². The van der Waals surface area contributed by atoms with E-state index in [0.29, 0.717) is 19.1 Å². The van der Waals surface area contributed by atoms with Gasteiger partial charge in [0, 0.05) is 44.2 Å². The van der Waals surface area contributed by atoms with E-state index in [-0.39, 0.29) is 17.3 Å². The van der Waals surface area contributed by atoms with Gasteiger partial charge in [-0.25, -0.2) is 13.1 Å². The molecule has 1 aliphatic carbocycles. The molecule has 1 aromatic rings. The maximum absolute atomic E-state index is 12.0. The van der Waals surface area contributed by atoms with Crippen LogP contribution in [-0.2, 0) is 21.3 Å². The van der Waals surface area contributed by atoms with Crippen LogP contribution < -0.4 is 4.72 Å². The van der Waals surface area contributed by atoms with Crippen LogP contribution in [0, 0.1) is 11.8 Å². The molecular formula is C16H23N3O3S. The van der Waals surface area contributed by atoms with Crippen molar-refractivity contribution in [2.45, 2.75) is 30.7 Å². The Bertz CT molecular complexity index is 648. The fourth-order valence-corrected chi connectivity index (χ4v) is 5.10. The van der Waals surface area contributed by atoms with E-state index in [0.717, 1.165) is 38.2 Å². The summed E-state index contributed by atoms with van der Waals surface area (Å²) in [5, 5.41) is -0.148. The van der Waals surface area contributed by atoms with E-state index in [4.69, 9.17) is 4.74 Å². The van der Waals surface area contributed by atoms with Gasteiger partial charge in [-0.1, -0.05) is 6.07 Å². The van der Waals surface area contributed by atoms with Gasteiger partial charge in [0.2, 0.25) is 10.0 Å². The van der Waals surface area contributed by atoms with Crippen molar-refractivity contribution < 1.29 is 13.2 Å². The minimum Gasteiger partial charge on any atom is -0.376 e. The van der Waals surface area contributed by atoms with Crippen LogP contribution >= 0.6 is 0 Å². The van der Waals surface area contributed by atoms with Crippen molar-refractivity contribution in [3.8, 4) is 0 Å². The number of ether oxygens (including phenoxy) is 1. The van der Waals surface area contributed by atoms with Crippen molar-refractivity contribution >= 4 is 10.0 Å². The molecule has 2 aliphatic heterocycles. The Morgan fingerprint density at radius 3 is 2.91 bits per heavy atom. The lowest BCUT2D eigenvalue weighted by Crippen LogP contribution is -2.35. The van der Waals surface area contributed by atoms with Crippen LogP contribution in [0.5, 0.6) is 0 Å². The fourth-order valence-electron chi connectivity index (χ4n) is 3.66. The molecule has 0 radical (unpaired) electrons. The quantitative estimate of drug-likeness (QED) is 0.823. The van der Waals surface area contributed by atoms with Gasteiger partial charge in [-0.3, -0.25) is 9.88 Å². The van der Waals surface area contributed by atoms with Crippen molar-refractivity contribution in [2.24, 2.45) is 11.8 Å². The minimum absolute atomic E-state index is 0.148. The molecular weight excluding hydrogens is 314 g/mol. The molecule has 7 heteroatoms. The topological polar surface area (TPSA) is 71.5 Å². The summed E-state index contributed by atoms with van der Waals surface area (Å²) in [7, 11) is -3.09. The number of nitrogens with zero attached hydrogens (tertiary/aromatic N) is 2. The van der Waals surface area contributed by atoms with Crippen LogP contribution in [0.1, 0.15) is 18.5 Å². The summed E-state index contributed by atoms with van der Waals surface area (Å²) in [6.07, 6.45) is 3.66. The van der Waals surface area contributed by atoms with E-state index >= 15 is 0 Å². The second-order valence-electron chi connectivity index (χ2n) is 6.90. The predicted octanol–water partition coefficient (Wildman–Crippen LogP) is 0.610. The second-order valence-corrected chi connectivity index (χ2v) is 8.95. The van der Waals surface area contributed by atoms with E-state index < -0.39 is 10.0 Å². The number of rotatable bonds is 6. The monoisotopic (exact) mass is 337 g/mol. The van der Waals surface area contributed by atoms with Crippen molar-refractivity contribution in [2.75, 3.05) is 26.2 Å². The molecule has 3 fully saturated rings. The molecule has 0 aromatic carbocycles. The van der Waals surface area contributed by atoms with E-state index in [2.05, 4.69) is 14.6 Å². The average molecular weight is 337 g/mol. The predicted molar refractivity (Wildman–Crippen MR) is 86.2 cm³/mol. The van der Waals surface area contributed by atoms with Gasteiger partial charge in [0.1, 0.15) is 0 Å². The molecule has 2 saturated heterocycles. The van der Waals surface area contributed by atoms with Crippen molar-refractivity contribution in [3.63, 3.8) is 0 Å². The van der Waals surface area contributed by atoms with Crippen LogP contribution in [0.2, 0.25) is 0 Å². The van der Waals surface area contributed by atoms with Crippen molar-refractivity contribution in [1.82, 2.24) is 14.6 Å². The van der Waals surface area contributed by atoms with E-state index in [1.807, 2.05) is 24.4 Å². The maximum Gasteiger partial charge on any atom is 0.214 e. The van der Waals surface area contributed by atoms with E-state index in [1.165, 1.54) is 0 Å². The molecule has 23 heavy (non-hydrogen) atoms. The molecule has 0 amide bonds. The molecule has 1 aromatic heterocycles. The van der Waals surface area contributed by atoms with Crippen molar-refractivity contribution in [3.05, 3.63) is 30.1 Å². The number of hydrogen-bond donors (Lipinski definition) is 1.